The maximum atomic E-state index is 11.5. The third-order valence-electron chi connectivity index (χ3n) is 8.67. The minimum absolute atomic E-state index is 0.0488. The van der Waals surface area contributed by atoms with E-state index in [0.29, 0.717) is 25.7 Å². The van der Waals surface area contributed by atoms with Gasteiger partial charge in [-0.3, -0.25) is 4.79 Å². The summed E-state index contributed by atoms with van der Waals surface area (Å²) >= 11 is 0. The van der Waals surface area contributed by atoms with Gasteiger partial charge in [0, 0.05) is 38.1 Å². The second kappa shape index (κ2) is 15.9. The molecule has 17 nitrogen and oxygen atoms in total. The van der Waals surface area contributed by atoms with Crippen LogP contribution in [0, 0.1) is 0 Å². The van der Waals surface area contributed by atoms with Gasteiger partial charge in [-0.05, 0) is 32.1 Å². The van der Waals surface area contributed by atoms with E-state index in [0.717, 1.165) is 0 Å². The molecule has 0 radical (unpaired) electrons. The van der Waals surface area contributed by atoms with Crippen LogP contribution in [0.5, 0.6) is 0 Å². The van der Waals surface area contributed by atoms with Crippen LogP contribution in [0.4, 0.5) is 0 Å². The van der Waals surface area contributed by atoms with Crippen LogP contribution < -0.4 is 39.7 Å². The Balaban J connectivity index is 1.50. The molecule has 43 heavy (non-hydrogen) atoms. The van der Waals surface area contributed by atoms with Gasteiger partial charge in [-0.25, -0.2) is 0 Å². The molecule has 4 aliphatic rings. The molecular weight excluding hydrogens is 570 g/mol. The van der Waals surface area contributed by atoms with Gasteiger partial charge in [-0.1, -0.05) is 0 Å². The molecule has 1 amide bonds. The van der Waals surface area contributed by atoms with E-state index in [9.17, 15) is 20.1 Å². The first-order valence-corrected chi connectivity index (χ1v) is 15.1. The number of nitrogens with one attached hydrogen (secondary N) is 1. The standard InChI is InChI=1S/C26H51N7O10/c27-8-11-1-3-13(29)24(38-11)41-21-15(31)7-16(33-6-5-18(32)35)19(36)23(21)43-26-20(37)22(17(10-34)40-26)42-25-14(30)4-2-12(9-28)39-25/h11-17,19-26,33-34,36-37H,1-10,27-31H2,(H2,32,35). The zero-order valence-electron chi connectivity index (χ0n) is 24.4. The lowest BCUT2D eigenvalue weighted by Gasteiger charge is -2.46. The molecule has 3 saturated heterocycles. The van der Waals surface area contributed by atoms with E-state index in [1.807, 2.05) is 0 Å². The number of primary amides is 1. The van der Waals surface area contributed by atoms with Gasteiger partial charge in [0.05, 0.1) is 37.0 Å². The largest absolute Gasteiger partial charge is 0.394 e. The Kier molecular flexibility index (Phi) is 12.9. The minimum Gasteiger partial charge on any atom is -0.394 e. The normalized spacial score (nSPS) is 45.7. The van der Waals surface area contributed by atoms with Gasteiger partial charge < -0.3 is 83.5 Å². The predicted molar refractivity (Wildman–Crippen MR) is 150 cm³/mol. The van der Waals surface area contributed by atoms with Crippen molar-refractivity contribution in [3.05, 3.63) is 0 Å². The highest BCUT2D eigenvalue weighted by molar-refractivity contribution is 5.73. The summed E-state index contributed by atoms with van der Waals surface area (Å²) in [5, 5.41) is 35.9. The molecule has 250 valence electrons. The van der Waals surface area contributed by atoms with Gasteiger partial charge in [0.25, 0.3) is 0 Å². The van der Waals surface area contributed by atoms with Gasteiger partial charge in [-0.2, -0.15) is 0 Å². The zero-order valence-corrected chi connectivity index (χ0v) is 24.4. The van der Waals surface area contributed by atoms with Gasteiger partial charge >= 0.3 is 0 Å². The number of aliphatic hydroxyl groups excluding tert-OH is 3. The van der Waals surface area contributed by atoms with Crippen molar-refractivity contribution in [3.63, 3.8) is 0 Å². The van der Waals surface area contributed by atoms with Gasteiger partial charge in [0.15, 0.2) is 18.9 Å². The van der Waals surface area contributed by atoms with Crippen molar-refractivity contribution in [2.45, 2.75) is 130 Å². The first kappa shape index (κ1) is 34.7. The summed E-state index contributed by atoms with van der Waals surface area (Å²) in [4.78, 5) is 11.3. The van der Waals surface area contributed by atoms with Crippen LogP contribution in [0.3, 0.4) is 0 Å². The van der Waals surface area contributed by atoms with Crippen molar-refractivity contribution in [2.24, 2.45) is 34.4 Å². The smallest absolute Gasteiger partial charge is 0.218 e. The summed E-state index contributed by atoms with van der Waals surface area (Å²) in [5.74, 6) is -0.503. The van der Waals surface area contributed by atoms with Gasteiger partial charge in [0.1, 0.15) is 30.5 Å². The highest BCUT2D eigenvalue weighted by Crippen LogP contribution is 2.34. The van der Waals surface area contributed by atoms with Crippen LogP contribution >= 0.6 is 0 Å². The molecule has 0 aromatic heterocycles. The lowest BCUT2D eigenvalue weighted by atomic mass is 9.83. The summed E-state index contributed by atoms with van der Waals surface area (Å²) in [5.41, 5.74) is 35.9. The number of carbonyl (C=O) groups is 1. The predicted octanol–water partition coefficient (Wildman–Crippen LogP) is -5.27. The molecule has 15 unspecified atom stereocenters. The van der Waals surface area contributed by atoms with Crippen molar-refractivity contribution in [3.8, 4) is 0 Å². The second-order valence-electron chi connectivity index (χ2n) is 11.9. The highest BCUT2D eigenvalue weighted by Gasteiger charge is 2.53. The van der Waals surface area contributed by atoms with Crippen molar-refractivity contribution in [2.75, 3.05) is 26.2 Å². The van der Waals surface area contributed by atoms with Crippen LogP contribution in [-0.2, 0) is 33.2 Å². The van der Waals surface area contributed by atoms with Crippen LogP contribution in [0.1, 0.15) is 38.5 Å². The number of ether oxygens (including phenoxy) is 6. The second-order valence-corrected chi connectivity index (χ2v) is 11.9. The molecule has 0 aromatic rings. The van der Waals surface area contributed by atoms with Crippen LogP contribution in [0.25, 0.3) is 0 Å². The molecule has 1 saturated carbocycles. The lowest BCUT2D eigenvalue weighted by Crippen LogP contribution is -2.66. The number of rotatable bonds is 13. The van der Waals surface area contributed by atoms with E-state index in [2.05, 4.69) is 5.32 Å². The number of aliphatic hydroxyl groups is 3. The zero-order chi connectivity index (χ0) is 31.3. The minimum atomic E-state index is -1.41. The molecule has 0 aromatic carbocycles. The Morgan fingerprint density at radius 3 is 1.86 bits per heavy atom. The first-order chi connectivity index (χ1) is 20.6. The van der Waals surface area contributed by atoms with E-state index < -0.39 is 92.2 Å². The molecule has 1 aliphatic carbocycles. The molecule has 16 N–H and O–H groups in total. The fraction of sp³-hybridized carbons (Fsp3) is 0.962. The maximum absolute atomic E-state index is 11.5. The van der Waals surface area contributed by atoms with Crippen molar-refractivity contribution >= 4 is 5.91 Å². The van der Waals surface area contributed by atoms with Crippen LogP contribution in [-0.4, -0.2) is 139 Å². The van der Waals surface area contributed by atoms with E-state index in [1.165, 1.54) is 0 Å². The Bertz CT molecular complexity index is 882. The fourth-order valence-electron chi connectivity index (χ4n) is 6.11. The van der Waals surface area contributed by atoms with Crippen molar-refractivity contribution in [1.82, 2.24) is 5.32 Å². The molecule has 4 fully saturated rings. The molecule has 3 heterocycles. The maximum Gasteiger partial charge on any atom is 0.218 e. The third kappa shape index (κ3) is 8.57. The summed E-state index contributed by atoms with van der Waals surface area (Å²) in [6.07, 6.45) is -7.56. The van der Waals surface area contributed by atoms with Gasteiger partial charge in [-0.15, -0.1) is 0 Å². The van der Waals surface area contributed by atoms with Gasteiger partial charge in [0.2, 0.25) is 5.91 Å². The Morgan fingerprint density at radius 1 is 0.767 bits per heavy atom. The molecule has 3 aliphatic heterocycles. The third-order valence-corrected chi connectivity index (χ3v) is 8.67. The lowest BCUT2D eigenvalue weighted by molar-refractivity contribution is -0.288. The monoisotopic (exact) mass is 621 g/mol. The quantitative estimate of drug-likeness (QED) is 0.0918. The molecule has 17 heteroatoms. The summed E-state index contributed by atoms with van der Waals surface area (Å²) in [7, 11) is 0. The molecule has 4 rings (SSSR count). The van der Waals surface area contributed by atoms with E-state index in [-0.39, 0.29) is 44.7 Å². The Labute approximate surface area is 251 Å². The summed E-state index contributed by atoms with van der Waals surface area (Å²) < 4.78 is 36.2. The molecule has 15 atom stereocenters. The summed E-state index contributed by atoms with van der Waals surface area (Å²) in [6, 6.07) is -2.25. The summed E-state index contributed by atoms with van der Waals surface area (Å²) in [6.45, 7) is 0.262. The first-order valence-electron chi connectivity index (χ1n) is 15.1. The van der Waals surface area contributed by atoms with Crippen LogP contribution in [0.15, 0.2) is 0 Å². The van der Waals surface area contributed by atoms with E-state index in [1.54, 1.807) is 0 Å². The highest BCUT2D eigenvalue weighted by atomic mass is 16.8. The Hall–Kier alpha value is -1.13. The average molecular weight is 622 g/mol. The van der Waals surface area contributed by atoms with E-state index in [4.69, 9.17) is 62.8 Å². The Morgan fingerprint density at radius 2 is 1.33 bits per heavy atom. The number of hydrogen-bond acceptors (Lipinski definition) is 16. The number of nitrogens with two attached hydrogens (primary N) is 6. The number of carbonyl (C=O) groups excluding carboxylic acids is 1. The van der Waals surface area contributed by atoms with Crippen LogP contribution in [0.2, 0.25) is 0 Å². The molecular formula is C26H51N7O10. The van der Waals surface area contributed by atoms with E-state index >= 15 is 0 Å². The average Bonchev–Trinajstić information content (AvgIpc) is 3.28. The fourth-order valence-corrected chi connectivity index (χ4v) is 6.11. The molecule has 0 bridgehead atoms. The number of amides is 1. The van der Waals surface area contributed by atoms with Crippen molar-refractivity contribution < 1.29 is 48.5 Å². The SMILES string of the molecule is NCC1CCC(N)C(OC2C(CO)OC(OC3C(O)C(NCCC(N)=O)CC(N)C3OC3OC(CN)CCC3N)C2O)O1. The van der Waals surface area contributed by atoms with Crippen molar-refractivity contribution in [1.29, 1.82) is 0 Å². The molecule has 0 spiro atoms. The number of hydrogen-bond donors (Lipinski definition) is 10. The topological polar surface area (TPSA) is 301 Å².